The quantitative estimate of drug-likeness (QED) is 0.0835. The van der Waals surface area contributed by atoms with Crippen molar-refractivity contribution in [3.63, 3.8) is 0 Å². The molecule has 0 unspecified atom stereocenters. The molecule has 0 saturated carbocycles. The summed E-state index contributed by atoms with van der Waals surface area (Å²) in [5.74, 6) is -0.350. The van der Waals surface area contributed by atoms with Crippen LogP contribution in [-0.4, -0.2) is 65.1 Å². The molecule has 1 aromatic heterocycles. The number of nitrogens with one attached hydrogen (secondary N) is 1. The topological polar surface area (TPSA) is 227 Å². The van der Waals surface area contributed by atoms with Crippen LogP contribution in [0.25, 0.3) is 0 Å². The summed E-state index contributed by atoms with van der Waals surface area (Å²) in [5, 5.41) is 13.1. The molecule has 2 rings (SSSR count). The number of hydrogen-bond donors (Lipinski definition) is 6. The first-order chi connectivity index (χ1) is 19.8. The minimum atomic E-state index is -5.17. The molecule has 42 heavy (non-hydrogen) atoms. The minimum Gasteiger partial charge on any atom is -0.386 e. The molecule has 0 aliphatic carbocycles. The maximum Gasteiger partial charge on any atom is 0.470 e. The number of phosphoric ester groups is 2. The Kier molecular flexibility index (Phi) is 16.0. The van der Waals surface area contributed by atoms with E-state index in [1.165, 1.54) is 63.9 Å². The van der Waals surface area contributed by atoms with Crippen molar-refractivity contribution >= 4 is 27.4 Å². The van der Waals surface area contributed by atoms with Crippen LogP contribution in [0.15, 0.2) is 17.1 Å². The lowest BCUT2D eigenvalue weighted by Crippen LogP contribution is -2.37. The van der Waals surface area contributed by atoms with Crippen LogP contribution in [-0.2, 0) is 27.7 Å². The Morgan fingerprint density at radius 1 is 0.952 bits per heavy atom. The highest BCUT2D eigenvalue weighted by Gasteiger charge is 2.49. The number of aliphatic hydroxyl groups is 1. The molecule has 1 amide bonds. The van der Waals surface area contributed by atoms with Crippen LogP contribution < -0.4 is 11.0 Å². The van der Waals surface area contributed by atoms with Crippen LogP contribution in [0.4, 0.5) is 5.82 Å². The number of phosphoric acid groups is 2. The van der Waals surface area contributed by atoms with Crippen LogP contribution in [0.1, 0.15) is 103 Å². The van der Waals surface area contributed by atoms with Gasteiger partial charge in [0, 0.05) is 12.6 Å². The standard InChI is InChI=1S/C25H45N3O12P2/c1-2-3-4-5-6-7-8-9-10-11-12-13-14-15-21(29)26-20-16-17-28(25(31)27-20)24-22(30)23(40-42(35,36)37)19(39-24)18-38-41(32,33)34/h16-17,19,22-24,30H,2-15,18H2,1H3,(H2,32,33,34)(H2,35,36,37)(H,26,27,29,31)/t19-,22-,23-,24-/m1/s1. The Hall–Kier alpha value is -1.51. The Balaban J connectivity index is 1.77. The zero-order valence-electron chi connectivity index (χ0n) is 24.0. The van der Waals surface area contributed by atoms with Gasteiger partial charge in [-0.25, -0.2) is 13.9 Å². The first kappa shape index (κ1) is 36.7. The van der Waals surface area contributed by atoms with E-state index in [-0.39, 0.29) is 18.1 Å². The third kappa shape index (κ3) is 14.3. The molecule has 4 atom stereocenters. The second-order valence-corrected chi connectivity index (χ2v) is 12.9. The highest BCUT2D eigenvalue weighted by Crippen LogP contribution is 2.45. The molecule has 0 aromatic carbocycles. The van der Waals surface area contributed by atoms with E-state index in [9.17, 15) is 23.8 Å². The van der Waals surface area contributed by atoms with Gasteiger partial charge in [-0.1, -0.05) is 84.0 Å². The van der Waals surface area contributed by atoms with E-state index in [0.717, 1.165) is 30.0 Å². The Morgan fingerprint density at radius 3 is 2.00 bits per heavy atom. The van der Waals surface area contributed by atoms with Crippen molar-refractivity contribution in [3.8, 4) is 0 Å². The molecule has 1 fully saturated rings. The zero-order chi connectivity index (χ0) is 31.2. The van der Waals surface area contributed by atoms with Crippen molar-refractivity contribution < 1.29 is 52.4 Å². The number of aliphatic hydroxyl groups excluding tert-OH is 1. The second-order valence-electron chi connectivity index (χ2n) is 10.4. The molecular formula is C25H45N3O12P2. The third-order valence-electron chi connectivity index (χ3n) is 6.85. The fourth-order valence-electron chi connectivity index (χ4n) is 4.73. The number of rotatable bonds is 21. The summed E-state index contributed by atoms with van der Waals surface area (Å²) in [7, 11) is -10.2. The molecule has 242 valence electrons. The molecule has 0 spiro atoms. The Bertz CT molecular complexity index is 1110. The van der Waals surface area contributed by atoms with Crippen molar-refractivity contribution in [2.24, 2.45) is 0 Å². The summed E-state index contributed by atoms with van der Waals surface area (Å²) in [6.45, 7) is 1.32. The molecule has 6 N–H and O–H groups in total. The van der Waals surface area contributed by atoms with Crippen molar-refractivity contribution in [2.45, 2.75) is 121 Å². The number of ether oxygens (including phenoxy) is 1. The highest BCUT2D eigenvalue weighted by molar-refractivity contribution is 7.46. The number of carbonyl (C=O) groups is 1. The smallest absolute Gasteiger partial charge is 0.386 e. The summed E-state index contributed by atoms with van der Waals surface area (Å²) in [4.78, 5) is 64.8. The van der Waals surface area contributed by atoms with Crippen molar-refractivity contribution in [1.82, 2.24) is 9.55 Å². The maximum atomic E-state index is 12.6. The third-order valence-corrected chi connectivity index (χ3v) is 7.86. The Morgan fingerprint density at radius 2 is 1.50 bits per heavy atom. The van der Waals surface area contributed by atoms with E-state index in [1.54, 1.807) is 0 Å². The maximum absolute atomic E-state index is 12.6. The van der Waals surface area contributed by atoms with Gasteiger partial charge in [0.2, 0.25) is 5.91 Å². The number of hydrogen-bond acceptors (Lipinski definition) is 9. The molecule has 1 aliphatic heterocycles. The van der Waals surface area contributed by atoms with E-state index in [2.05, 4.69) is 26.3 Å². The van der Waals surface area contributed by atoms with Gasteiger partial charge in [-0.05, 0) is 12.5 Å². The Labute approximate surface area is 245 Å². The average Bonchev–Trinajstić information content (AvgIpc) is 3.18. The first-order valence-electron chi connectivity index (χ1n) is 14.5. The molecule has 0 radical (unpaired) electrons. The number of amides is 1. The van der Waals surface area contributed by atoms with Crippen LogP contribution in [0.3, 0.4) is 0 Å². The minimum absolute atomic E-state index is 0.0344. The van der Waals surface area contributed by atoms with Crippen LogP contribution in [0, 0.1) is 0 Å². The van der Waals surface area contributed by atoms with Crippen LogP contribution >= 0.6 is 15.6 Å². The van der Waals surface area contributed by atoms with E-state index >= 15 is 0 Å². The average molecular weight is 642 g/mol. The van der Waals surface area contributed by atoms with E-state index < -0.39 is 52.5 Å². The lowest BCUT2D eigenvalue weighted by atomic mass is 10.0. The van der Waals surface area contributed by atoms with Crippen molar-refractivity contribution in [3.05, 3.63) is 22.7 Å². The zero-order valence-corrected chi connectivity index (χ0v) is 25.7. The summed E-state index contributed by atoms with van der Waals surface area (Å²) in [5.41, 5.74) is -0.968. The van der Waals surface area contributed by atoms with Crippen LogP contribution in [0.2, 0.25) is 0 Å². The second kappa shape index (κ2) is 18.3. The first-order valence-corrected chi connectivity index (χ1v) is 17.5. The molecular weight excluding hydrogens is 596 g/mol. The lowest BCUT2D eigenvalue weighted by molar-refractivity contribution is -0.116. The molecule has 1 aromatic rings. The van der Waals surface area contributed by atoms with Crippen LogP contribution in [0.5, 0.6) is 0 Å². The summed E-state index contributed by atoms with van der Waals surface area (Å²) in [6, 6.07) is 1.28. The predicted octanol–water partition coefficient (Wildman–Crippen LogP) is 3.51. The monoisotopic (exact) mass is 641 g/mol. The summed E-state index contributed by atoms with van der Waals surface area (Å²) < 4.78 is 37.4. The van der Waals surface area contributed by atoms with Crippen molar-refractivity contribution in [1.29, 1.82) is 0 Å². The van der Waals surface area contributed by atoms with E-state index in [4.69, 9.17) is 24.3 Å². The number of aromatic nitrogens is 2. The predicted molar refractivity (Wildman–Crippen MR) is 152 cm³/mol. The molecule has 15 nitrogen and oxygen atoms in total. The largest absolute Gasteiger partial charge is 0.470 e. The summed E-state index contributed by atoms with van der Waals surface area (Å²) in [6.07, 6.45) is 10.0. The SMILES string of the molecule is CCCCCCCCCCCCCCCC(=O)Nc1ccn([C@@H]2O[C@H](COP(=O)(O)O)[C@@H](OP(=O)(O)O)[C@H]2O)c(=O)n1. The van der Waals surface area contributed by atoms with E-state index in [0.29, 0.717) is 6.42 Å². The molecule has 1 aliphatic rings. The molecule has 2 heterocycles. The fraction of sp³-hybridized carbons (Fsp3) is 0.800. The van der Waals surface area contributed by atoms with Gasteiger partial charge in [-0.2, -0.15) is 4.98 Å². The van der Waals surface area contributed by atoms with Gasteiger partial charge in [0.25, 0.3) is 0 Å². The number of carbonyl (C=O) groups excluding carboxylic acids is 1. The molecule has 17 heteroatoms. The van der Waals surface area contributed by atoms with Gasteiger partial charge in [0.15, 0.2) is 6.23 Å². The molecule has 1 saturated heterocycles. The summed E-state index contributed by atoms with van der Waals surface area (Å²) >= 11 is 0. The van der Waals surface area contributed by atoms with Gasteiger partial charge in [0.1, 0.15) is 24.1 Å². The van der Waals surface area contributed by atoms with Crippen molar-refractivity contribution in [2.75, 3.05) is 11.9 Å². The van der Waals surface area contributed by atoms with Gasteiger partial charge in [-0.15, -0.1) is 0 Å². The number of unbranched alkanes of at least 4 members (excludes halogenated alkanes) is 12. The van der Waals surface area contributed by atoms with Gasteiger partial charge < -0.3 is 34.7 Å². The number of anilines is 1. The van der Waals surface area contributed by atoms with E-state index in [1.807, 2.05) is 0 Å². The van der Waals surface area contributed by atoms with Gasteiger partial charge in [-0.3, -0.25) is 18.4 Å². The molecule has 0 bridgehead atoms. The highest BCUT2D eigenvalue weighted by atomic mass is 31.2. The van der Waals surface area contributed by atoms with Gasteiger partial charge in [0.05, 0.1) is 6.61 Å². The van der Waals surface area contributed by atoms with Gasteiger partial charge >= 0.3 is 21.3 Å². The lowest BCUT2D eigenvalue weighted by Gasteiger charge is -2.21. The fourth-order valence-corrected chi connectivity index (χ4v) is 5.65. The number of nitrogens with zero attached hydrogens (tertiary/aromatic N) is 2. The normalized spacial score (nSPS) is 21.1.